The third-order valence-corrected chi connectivity index (χ3v) is 7.37. The van der Waals surface area contributed by atoms with Gasteiger partial charge in [-0.3, -0.25) is 4.21 Å². The maximum absolute atomic E-state index is 13.6. The Hall–Kier alpha value is -2.39. The van der Waals surface area contributed by atoms with Crippen molar-refractivity contribution in [2.45, 2.75) is 54.9 Å². The van der Waals surface area contributed by atoms with Crippen molar-refractivity contribution in [2.24, 2.45) is 0 Å². The van der Waals surface area contributed by atoms with E-state index in [1.807, 2.05) is 79.7 Å². The molecule has 0 aromatic heterocycles. The number of aliphatic hydroxyl groups excluding tert-OH is 2. The highest BCUT2D eigenvalue weighted by Crippen LogP contribution is 2.31. The van der Waals surface area contributed by atoms with Gasteiger partial charge in [-0.2, -0.15) is 0 Å². The molecule has 2 N–H and O–H groups in total. The zero-order valence-electron chi connectivity index (χ0n) is 19.0. The number of aryl methyl sites for hydroxylation is 1. The Morgan fingerprint density at radius 1 is 0.824 bits per heavy atom. The van der Waals surface area contributed by atoms with E-state index in [1.165, 1.54) is 0 Å². The molecule has 3 aromatic carbocycles. The quantitative estimate of drug-likeness (QED) is 0.487. The Balaban J connectivity index is 1.62. The Bertz CT molecular complexity index is 1040. The average molecular weight is 483 g/mol. The normalized spacial score (nSPS) is 25.7. The predicted octanol–water partition coefficient (Wildman–Crippen LogP) is 3.35. The Labute approximate surface area is 202 Å². The standard InChI is InChI=1S/C27H30O6S/c1-19-12-14-22(15-13-19)34(30)27-26(32-18-21-10-6-3-7-11-21)25(24(29)23(16-28)33-27)31-17-20-8-4-2-5-9-20/h2-15,23-29H,16-18H2,1H3/t23-,24-,25+,26-,27+,34?/m1/s1. The smallest absolute Gasteiger partial charge is 0.166 e. The molecule has 0 radical (unpaired) electrons. The number of benzene rings is 3. The molecule has 0 saturated carbocycles. The molecule has 0 bridgehead atoms. The van der Waals surface area contributed by atoms with E-state index in [4.69, 9.17) is 14.2 Å². The lowest BCUT2D eigenvalue weighted by Gasteiger charge is -2.43. The van der Waals surface area contributed by atoms with Crippen LogP contribution in [0.2, 0.25) is 0 Å². The van der Waals surface area contributed by atoms with E-state index in [2.05, 4.69) is 0 Å². The van der Waals surface area contributed by atoms with E-state index in [0.717, 1.165) is 16.7 Å². The minimum atomic E-state index is -1.62. The van der Waals surface area contributed by atoms with Crippen molar-refractivity contribution in [1.82, 2.24) is 0 Å². The van der Waals surface area contributed by atoms with Gasteiger partial charge in [-0.15, -0.1) is 0 Å². The van der Waals surface area contributed by atoms with Gasteiger partial charge in [-0.25, -0.2) is 0 Å². The topological polar surface area (TPSA) is 85.2 Å². The van der Waals surface area contributed by atoms with Gasteiger partial charge in [0.1, 0.15) is 24.4 Å². The van der Waals surface area contributed by atoms with Crippen molar-refractivity contribution in [3.63, 3.8) is 0 Å². The summed E-state index contributed by atoms with van der Waals surface area (Å²) in [5.41, 5.74) is 1.98. The summed E-state index contributed by atoms with van der Waals surface area (Å²) in [6, 6.07) is 26.6. The van der Waals surface area contributed by atoms with E-state index < -0.39 is 47.3 Å². The van der Waals surface area contributed by atoms with Crippen molar-refractivity contribution in [3.05, 3.63) is 102 Å². The second-order valence-electron chi connectivity index (χ2n) is 8.35. The van der Waals surface area contributed by atoms with E-state index in [9.17, 15) is 14.4 Å². The van der Waals surface area contributed by atoms with Gasteiger partial charge in [0, 0.05) is 4.90 Å². The van der Waals surface area contributed by atoms with Crippen molar-refractivity contribution < 1.29 is 28.6 Å². The summed E-state index contributed by atoms with van der Waals surface area (Å²) < 4.78 is 32.0. The molecular weight excluding hydrogens is 452 g/mol. The fraction of sp³-hybridized carbons (Fsp3) is 0.333. The van der Waals surface area contributed by atoms with Gasteiger partial charge in [0.15, 0.2) is 5.44 Å². The molecule has 1 aliphatic heterocycles. The molecule has 180 valence electrons. The van der Waals surface area contributed by atoms with Crippen LogP contribution in [0.1, 0.15) is 16.7 Å². The second kappa shape index (κ2) is 11.8. The molecule has 34 heavy (non-hydrogen) atoms. The second-order valence-corrected chi connectivity index (χ2v) is 9.88. The average Bonchev–Trinajstić information content (AvgIpc) is 2.88. The highest BCUT2D eigenvalue weighted by Gasteiger charge is 2.49. The zero-order valence-corrected chi connectivity index (χ0v) is 19.8. The van der Waals surface area contributed by atoms with Crippen LogP contribution in [0.4, 0.5) is 0 Å². The Kier molecular flexibility index (Phi) is 8.61. The van der Waals surface area contributed by atoms with Crippen LogP contribution in [0.5, 0.6) is 0 Å². The Morgan fingerprint density at radius 3 is 1.88 bits per heavy atom. The first-order valence-electron chi connectivity index (χ1n) is 11.3. The number of rotatable bonds is 9. The van der Waals surface area contributed by atoms with Gasteiger partial charge in [-0.1, -0.05) is 78.4 Å². The van der Waals surface area contributed by atoms with Gasteiger partial charge in [0.25, 0.3) is 0 Å². The van der Waals surface area contributed by atoms with Crippen LogP contribution in [0.25, 0.3) is 0 Å². The summed E-state index contributed by atoms with van der Waals surface area (Å²) in [6.45, 7) is 1.99. The summed E-state index contributed by atoms with van der Waals surface area (Å²) in [7, 11) is -1.62. The van der Waals surface area contributed by atoms with Crippen molar-refractivity contribution in [3.8, 4) is 0 Å². The predicted molar refractivity (Wildman–Crippen MR) is 129 cm³/mol. The lowest BCUT2D eigenvalue weighted by molar-refractivity contribution is -0.238. The molecule has 4 rings (SSSR count). The first-order chi connectivity index (χ1) is 16.6. The van der Waals surface area contributed by atoms with Gasteiger partial charge < -0.3 is 24.4 Å². The maximum Gasteiger partial charge on any atom is 0.166 e. The van der Waals surface area contributed by atoms with Gasteiger partial charge in [0.2, 0.25) is 0 Å². The largest absolute Gasteiger partial charge is 0.394 e. The van der Waals surface area contributed by atoms with E-state index in [-0.39, 0.29) is 13.2 Å². The lowest BCUT2D eigenvalue weighted by atomic mass is 9.99. The third-order valence-electron chi connectivity index (χ3n) is 5.83. The Morgan fingerprint density at radius 2 is 1.35 bits per heavy atom. The molecule has 0 spiro atoms. The van der Waals surface area contributed by atoms with E-state index >= 15 is 0 Å². The zero-order chi connectivity index (χ0) is 23.9. The first-order valence-corrected chi connectivity index (χ1v) is 12.5. The minimum absolute atomic E-state index is 0.232. The third kappa shape index (κ3) is 5.99. The molecule has 6 nitrogen and oxygen atoms in total. The number of hydrogen-bond donors (Lipinski definition) is 2. The lowest BCUT2D eigenvalue weighted by Crippen LogP contribution is -2.61. The number of aliphatic hydroxyl groups is 2. The molecule has 6 atom stereocenters. The SMILES string of the molecule is Cc1ccc(S(=O)[C@@H]2O[C@H](CO)[C@@H](O)[C@H](OCc3ccccc3)[C@H]2OCc2ccccc2)cc1. The first kappa shape index (κ1) is 24.7. The molecule has 1 fully saturated rings. The van der Waals surface area contributed by atoms with Crippen LogP contribution in [0.3, 0.4) is 0 Å². The molecule has 0 amide bonds. The van der Waals surface area contributed by atoms with E-state index in [1.54, 1.807) is 12.1 Å². The van der Waals surface area contributed by atoms with Gasteiger partial charge in [-0.05, 0) is 30.2 Å². The molecule has 3 aromatic rings. The molecule has 1 aliphatic rings. The summed E-state index contributed by atoms with van der Waals surface area (Å²) in [6.07, 6.45) is -3.78. The molecule has 7 heteroatoms. The van der Waals surface area contributed by atoms with Crippen molar-refractivity contribution in [2.75, 3.05) is 6.61 Å². The fourth-order valence-electron chi connectivity index (χ4n) is 3.92. The van der Waals surface area contributed by atoms with Gasteiger partial charge in [0.05, 0.1) is 30.6 Å². The summed E-state index contributed by atoms with van der Waals surface area (Å²) in [5, 5.41) is 20.9. The van der Waals surface area contributed by atoms with Gasteiger partial charge >= 0.3 is 0 Å². The molecule has 1 saturated heterocycles. The van der Waals surface area contributed by atoms with Crippen LogP contribution in [-0.2, 0) is 38.2 Å². The van der Waals surface area contributed by atoms with Crippen molar-refractivity contribution >= 4 is 10.8 Å². The maximum atomic E-state index is 13.6. The highest BCUT2D eigenvalue weighted by molar-refractivity contribution is 7.85. The van der Waals surface area contributed by atoms with Crippen LogP contribution in [0.15, 0.2) is 89.8 Å². The molecule has 1 unspecified atom stereocenters. The summed E-state index contributed by atoms with van der Waals surface area (Å²) in [5.74, 6) is 0. The monoisotopic (exact) mass is 482 g/mol. The van der Waals surface area contributed by atoms with Crippen molar-refractivity contribution in [1.29, 1.82) is 0 Å². The summed E-state index contributed by atoms with van der Waals surface area (Å²) >= 11 is 0. The molecule has 1 heterocycles. The number of hydrogen-bond acceptors (Lipinski definition) is 6. The van der Waals surface area contributed by atoms with Crippen LogP contribution < -0.4 is 0 Å². The number of ether oxygens (including phenoxy) is 3. The molecule has 0 aliphatic carbocycles. The summed E-state index contributed by atoms with van der Waals surface area (Å²) in [4.78, 5) is 0.582. The highest BCUT2D eigenvalue weighted by atomic mass is 32.2. The molecular formula is C27H30O6S. The van der Waals surface area contributed by atoms with Crippen LogP contribution in [-0.4, -0.2) is 50.9 Å². The van der Waals surface area contributed by atoms with Crippen LogP contribution in [0, 0.1) is 6.92 Å². The fourth-order valence-corrected chi connectivity index (χ4v) is 5.31. The van der Waals surface area contributed by atoms with E-state index in [0.29, 0.717) is 4.90 Å². The van der Waals surface area contributed by atoms with Crippen LogP contribution >= 0.6 is 0 Å². The minimum Gasteiger partial charge on any atom is -0.394 e.